The highest BCUT2D eigenvalue weighted by Gasteiger charge is 2.51. The van der Waals surface area contributed by atoms with Crippen LogP contribution in [0.5, 0.6) is 0 Å². The fourth-order valence-electron chi connectivity index (χ4n) is 4.68. The van der Waals surface area contributed by atoms with Crippen molar-refractivity contribution in [2.24, 2.45) is 11.3 Å². The molecule has 98 valence electrons. The summed E-state index contributed by atoms with van der Waals surface area (Å²) in [6.07, 6.45) is 7.61. The van der Waals surface area contributed by atoms with Gasteiger partial charge in [0.05, 0.1) is 0 Å². The number of hydrogen-bond donors (Lipinski definition) is 0. The van der Waals surface area contributed by atoms with E-state index in [0.717, 1.165) is 32.1 Å². The normalized spacial score (nSPS) is 36.3. The Bertz CT molecular complexity index is 583. The smallest absolute Gasteiger partial charge is 0.139 e. The second-order valence-electron chi connectivity index (χ2n) is 6.63. The monoisotopic (exact) mass is 252 g/mol. The van der Waals surface area contributed by atoms with Gasteiger partial charge in [-0.25, -0.2) is 0 Å². The predicted molar refractivity (Wildman–Crippen MR) is 76.0 cm³/mol. The van der Waals surface area contributed by atoms with Gasteiger partial charge in [0.15, 0.2) is 0 Å². The van der Waals surface area contributed by atoms with Gasteiger partial charge in [-0.05, 0) is 42.7 Å². The molecule has 1 nitrogen and oxygen atoms in total. The van der Waals surface area contributed by atoms with Crippen molar-refractivity contribution in [1.82, 2.24) is 0 Å². The molecule has 2 saturated carbocycles. The first kappa shape index (κ1) is 11.5. The predicted octanol–water partition coefficient (Wildman–Crippen LogP) is 4.03. The summed E-state index contributed by atoms with van der Waals surface area (Å²) >= 11 is 0. The summed E-state index contributed by atoms with van der Waals surface area (Å²) in [7, 11) is 0. The standard InChI is InChI=1S/C18H20O/c1-18-11-10-14-13-5-3-2-4-12(13)6-7-15(14)16(18)8-9-17(18)19/h2-5,7,14,16H,6,8-11H2,1H3. The van der Waals surface area contributed by atoms with Crippen molar-refractivity contribution in [3.8, 4) is 0 Å². The van der Waals surface area contributed by atoms with E-state index in [4.69, 9.17) is 0 Å². The molecule has 0 radical (unpaired) electrons. The van der Waals surface area contributed by atoms with Gasteiger partial charge in [-0.15, -0.1) is 0 Å². The highest BCUT2D eigenvalue weighted by atomic mass is 16.1. The largest absolute Gasteiger partial charge is 0.299 e. The number of hydrogen-bond acceptors (Lipinski definition) is 1. The fourth-order valence-corrected chi connectivity index (χ4v) is 4.68. The van der Waals surface area contributed by atoms with Crippen LogP contribution in [0.2, 0.25) is 0 Å². The zero-order valence-electron chi connectivity index (χ0n) is 11.5. The molecule has 3 atom stereocenters. The Labute approximate surface area is 114 Å². The van der Waals surface area contributed by atoms with Gasteiger partial charge in [0.25, 0.3) is 0 Å². The Morgan fingerprint density at radius 3 is 2.95 bits per heavy atom. The van der Waals surface area contributed by atoms with Crippen LogP contribution in [0, 0.1) is 11.3 Å². The first-order valence-corrected chi connectivity index (χ1v) is 7.51. The molecule has 0 bridgehead atoms. The van der Waals surface area contributed by atoms with Gasteiger partial charge in [-0.3, -0.25) is 4.79 Å². The summed E-state index contributed by atoms with van der Waals surface area (Å²) in [4.78, 5) is 12.2. The number of carbonyl (C=O) groups is 1. The van der Waals surface area contributed by atoms with Crippen LogP contribution in [0.3, 0.4) is 0 Å². The van der Waals surface area contributed by atoms with Crippen LogP contribution in [-0.4, -0.2) is 5.78 Å². The molecule has 0 saturated heterocycles. The fraction of sp³-hybridized carbons (Fsp3) is 0.500. The van der Waals surface area contributed by atoms with E-state index >= 15 is 0 Å². The summed E-state index contributed by atoms with van der Waals surface area (Å²) in [5, 5.41) is 0. The first-order chi connectivity index (χ1) is 9.20. The molecule has 3 aliphatic carbocycles. The third-order valence-corrected chi connectivity index (χ3v) is 5.81. The molecular weight excluding hydrogens is 232 g/mol. The van der Waals surface area contributed by atoms with Gasteiger partial charge >= 0.3 is 0 Å². The molecule has 1 aromatic carbocycles. The third-order valence-electron chi connectivity index (χ3n) is 5.81. The molecular formula is C18H20O. The van der Waals surface area contributed by atoms with Crippen LogP contribution in [0.15, 0.2) is 35.9 Å². The Balaban J connectivity index is 1.79. The molecule has 3 unspecified atom stereocenters. The summed E-state index contributed by atoms with van der Waals surface area (Å²) < 4.78 is 0. The van der Waals surface area contributed by atoms with Crippen molar-refractivity contribution in [2.75, 3.05) is 0 Å². The molecule has 0 spiro atoms. The second kappa shape index (κ2) is 3.82. The second-order valence-corrected chi connectivity index (χ2v) is 6.63. The zero-order chi connectivity index (χ0) is 13.0. The lowest BCUT2D eigenvalue weighted by Crippen LogP contribution is -2.37. The van der Waals surface area contributed by atoms with Crippen molar-refractivity contribution in [3.05, 3.63) is 47.0 Å². The van der Waals surface area contributed by atoms with Crippen LogP contribution >= 0.6 is 0 Å². The third kappa shape index (κ3) is 1.45. The molecule has 0 heterocycles. The maximum atomic E-state index is 12.2. The lowest BCUT2D eigenvalue weighted by atomic mass is 9.60. The van der Waals surface area contributed by atoms with E-state index in [0.29, 0.717) is 17.6 Å². The maximum Gasteiger partial charge on any atom is 0.139 e. The number of carbonyl (C=O) groups excluding carboxylic acids is 1. The van der Waals surface area contributed by atoms with Gasteiger partial charge in [0, 0.05) is 17.8 Å². The number of rotatable bonds is 0. The summed E-state index contributed by atoms with van der Waals surface area (Å²) in [6.45, 7) is 2.21. The molecule has 0 amide bonds. The minimum atomic E-state index is -0.0470. The van der Waals surface area contributed by atoms with Crippen molar-refractivity contribution in [3.63, 3.8) is 0 Å². The Morgan fingerprint density at radius 2 is 2.05 bits per heavy atom. The van der Waals surface area contributed by atoms with E-state index < -0.39 is 0 Å². The molecule has 4 rings (SSSR count). The summed E-state index contributed by atoms with van der Waals surface area (Å²) in [5.41, 5.74) is 4.55. The van der Waals surface area contributed by atoms with Crippen molar-refractivity contribution < 1.29 is 4.79 Å². The lowest BCUT2D eigenvalue weighted by Gasteiger charge is -2.43. The van der Waals surface area contributed by atoms with Crippen LogP contribution in [0.25, 0.3) is 0 Å². The highest BCUT2D eigenvalue weighted by molar-refractivity contribution is 5.88. The van der Waals surface area contributed by atoms with Crippen LogP contribution in [0.1, 0.15) is 49.7 Å². The van der Waals surface area contributed by atoms with E-state index in [1.165, 1.54) is 11.1 Å². The maximum absolute atomic E-state index is 12.2. The highest BCUT2D eigenvalue weighted by Crippen LogP contribution is 2.57. The van der Waals surface area contributed by atoms with Crippen molar-refractivity contribution >= 4 is 5.78 Å². The van der Waals surface area contributed by atoms with Crippen molar-refractivity contribution in [1.29, 1.82) is 0 Å². The Hall–Kier alpha value is -1.37. The SMILES string of the molecule is CC12CCC3C(=CCc4ccccc43)C1CCC2=O. The average Bonchev–Trinajstić information content (AvgIpc) is 2.75. The van der Waals surface area contributed by atoms with Gasteiger partial charge in [0.2, 0.25) is 0 Å². The van der Waals surface area contributed by atoms with Gasteiger partial charge in [0.1, 0.15) is 5.78 Å². The molecule has 0 N–H and O–H groups in total. The Kier molecular flexibility index (Phi) is 2.30. The molecule has 3 aliphatic rings. The number of benzene rings is 1. The minimum absolute atomic E-state index is 0.0470. The topological polar surface area (TPSA) is 17.1 Å². The molecule has 1 heteroatoms. The molecule has 2 fully saturated rings. The van der Waals surface area contributed by atoms with Crippen LogP contribution < -0.4 is 0 Å². The van der Waals surface area contributed by atoms with E-state index in [1.807, 2.05) is 0 Å². The zero-order valence-corrected chi connectivity index (χ0v) is 11.5. The number of ketones is 1. The van der Waals surface area contributed by atoms with Crippen molar-refractivity contribution in [2.45, 2.75) is 44.9 Å². The number of Topliss-reactive ketones (excluding diaryl/α,β-unsaturated/α-hetero) is 1. The van der Waals surface area contributed by atoms with E-state index in [2.05, 4.69) is 37.3 Å². The first-order valence-electron chi connectivity index (χ1n) is 7.51. The number of fused-ring (bicyclic) bond motifs is 5. The Morgan fingerprint density at radius 1 is 1.21 bits per heavy atom. The van der Waals surface area contributed by atoms with E-state index in [1.54, 1.807) is 5.57 Å². The van der Waals surface area contributed by atoms with Crippen LogP contribution in [-0.2, 0) is 11.2 Å². The molecule has 0 aromatic heterocycles. The lowest BCUT2D eigenvalue weighted by molar-refractivity contribution is -0.126. The molecule has 1 aromatic rings. The summed E-state index contributed by atoms with van der Waals surface area (Å²) in [6, 6.07) is 8.86. The molecule has 19 heavy (non-hydrogen) atoms. The van der Waals surface area contributed by atoms with Gasteiger partial charge in [-0.1, -0.05) is 42.8 Å². The number of allylic oxidation sites excluding steroid dienone is 2. The van der Waals surface area contributed by atoms with E-state index in [-0.39, 0.29) is 5.41 Å². The van der Waals surface area contributed by atoms with Gasteiger partial charge in [-0.2, -0.15) is 0 Å². The quantitative estimate of drug-likeness (QED) is 0.637. The summed E-state index contributed by atoms with van der Waals surface area (Å²) in [5.74, 6) is 1.62. The molecule has 0 aliphatic heterocycles. The average molecular weight is 252 g/mol. The van der Waals surface area contributed by atoms with Crippen LogP contribution in [0.4, 0.5) is 0 Å². The van der Waals surface area contributed by atoms with Gasteiger partial charge < -0.3 is 0 Å². The minimum Gasteiger partial charge on any atom is -0.299 e. The van der Waals surface area contributed by atoms with E-state index in [9.17, 15) is 4.79 Å².